The van der Waals surface area contributed by atoms with Gasteiger partial charge in [-0.3, -0.25) is 4.79 Å². The highest BCUT2D eigenvalue weighted by Gasteiger charge is 2.45. The Morgan fingerprint density at radius 1 is 1.24 bits per heavy atom. The standard InChI is InChI=1S/C19H20ClNO2S2/c1-11-13(20)5-3-6-14(11)21-18(22)17-12(2)16-15(23-17)7-4-8-19(16)24-9-10-25-19/h3,5-6H,4,7-10H2,1-2H3,(H,21,22). The maximum absolute atomic E-state index is 12.9. The third-order valence-corrected chi connectivity index (χ3v) is 8.93. The van der Waals surface area contributed by atoms with Crippen molar-refractivity contribution in [3.63, 3.8) is 0 Å². The minimum Gasteiger partial charge on any atom is -0.455 e. The Hall–Kier alpha value is -1.04. The SMILES string of the molecule is Cc1c(Cl)cccc1NC(=O)c1oc2c(c1C)C1(CCC2)SCCS1. The number of rotatable bonds is 2. The zero-order chi connectivity index (χ0) is 17.6. The lowest BCUT2D eigenvalue weighted by Crippen LogP contribution is -2.21. The molecule has 1 N–H and O–H groups in total. The fraction of sp³-hybridized carbons (Fsp3) is 0.421. The molecule has 0 saturated carbocycles. The van der Waals surface area contributed by atoms with E-state index in [0.29, 0.717) is 10.8 Å². The lowest BCUT2D eigenvalue weighted by Gasteiger charge is -2.31. The predicted molar refractivity (Wildman–Crippen MR) is 107 cm³/mol. The van der Waals surface area contributed by atoms with E-state index in [9.17, 15) is 4.79 Å². The van der Waals surface area contributed by atoms with Crippen LogP contribution in [0.1, 0.15) is 45.8 Å². The van der Waals surface area contributed by atoms with Gasteiger partial charge in [0.1, 0.15) is 5.76 Å². The summed E-state index contributed by atoms with van der Waals surface area (Å²) in [6.07, 6.45) is 3.20. The van der Waals surface area contributed by atoms with E-state index in [0.717, 1.165) is 53.3 Å². The molecule has 6 heteroatoms. The van der Waals surface area contributed by atoms with E-state index in [1.807, 2.05) is 55.6 Å². The van der Waals surface area contributed by atoms with Gasteiger partial charge in [-0.1, -0.05) is 17.7 Å². The molecule has 4 rings (SSSR count). The van der Waals surface area contributed by atoms with Crippen LogP contribution in [0.5, 0.6) is 0 Å². The second-order valence-corrected chi connectivity index (χ2v) is 9.98. The summed E-state index contributed by atoms with van der Waals surface area (Å²) in [4.78, 5) is 12.9. The molecular weight excluding hydrogens is 374 g/mol. The molecular formula is C19H20ClNO2S2. The van der Waals surface area contributed by atoms with Crippen molar-refractivity contribution in [2.24, 2.45) is 0 Å². The number of carbonyl (C=O) groups excluding carboxylic acids is 1. The number of nitrogens with one attached hydrogen (secondary N) is 1. The highest BCUT2D eigenvalue weighted by molar-refractivity contribution is 8.20. The van der Waals surface area contributed by atoms with Gasteiger partial charge in [-0.15, -0.1) is 23.5 Å². The Morgan fingerprint density at radius 3 is 2.76 bits per heavy atom. The Balaban J connectivity index is 1.69. The quantitative estimate of drug-likeness (QED) is 0.703. The molecule has 1 fully saturated rings. The van der Waals surface area contributed by atoms with Gasteiger partial charge in [-0.25, -0.2) is 0 Å². The van der Waals surface area contributed by atoms with E-state index in [4.69, 9.17) is 16.0 Å². The van der Waals surface area contributed by atoms with Crippen molar-refractivity contribution in [3.8, 4) is 0 Å². The topological polar surface area (TPSA) is 42.2 Å². The largest absolute Gasteiger partial charge is 0.455 e. The van der Waals surface area contributed by atoms with E-state index >= 15 is 0 Å². The van der Waals surface area contributed by atoms with Crippen LogP contribution in [0.15, 0.2) is 22.6 Å². The number of carbonyl (C=O) groups is 1. The van der Waals surface area contributed by atoms with Gasteiger partial charge in [0.25, 0.3) is 5.91 Å². The average molecular weight is 394 g/mol. The summed E-state index contributed by atoms with van der Waals surface area (Å²) in [6, 6.07) is 5.52. The molecule has 132 valence electrons. The van der Waals surface area contributed by atoms with Crippen molar-refractivity contribution in [1.29, 1.82) is 0 Å². The maximum Gasteiger partial charge on any atom is 0.291 e. The number of aryl methyl sites for hydroxylation is 1. The van der Waals surface area contributed by atoms with Crippen LogP contribution in [0.2, 0.25) is 5.02 Å². The summed E-state index contributed by atoms with van der Waals surface area (Å²) in [7, 11) is 0. The number of furan rings is 1. The highest BCUT2D eigenvalue weighted by atomic mass is 35.5. The van der Waals surface area contributed by atoms with Gasteiger partial charge < -0.3 is 9.73 Å². The third-order valence-electron chi connectivity index (χ3n) is 4.99. The average Bonchev–Trinajstić information content (AvgIpc) is 3.18. The van der Waals surface area contributed by atoms with E-state index in [2.05, 4.69) is 5.32 Å². The van der Waals surface area contributed by atoms with Gasteiger partial charge >= 0.3 is 0 Å². The van der Waals surface area contributed by atoms with Gasteiger partial charge in [-0.05, 0) is 44.4 Å². The zero-order valence-corrected chi connectivity index (χ0v) is 16.7. The summed E-state index contributed by atoms with van der Waals surface area (Å²) < 4.78 is 6.14. The predicted octanol–water partition coefficient (Wildman–Crippen LogP) is 5.77. The van der Waals surface area contributed by atoms with Gasteiger partial charge in [0.2, 0.25) is 0 Å². The van der Waals surface area contributed by atoms with Crippen molar-refractivity contribution in [1.82, 2.24) is 0 Å². The van der Waals surface area contributed by atoms with Crippen LogP contribution in [0.4, 0.5) is 5.69 Å². The number of fused-ring (bicyclic) bond motifs is 2. The van der Waals surface area contributed by atoms with Crippen LogP contribution in [0, 0.1) is 13.8 Å². The summed E-state index contributed by atoms with van der Waals surface area (Å²) >= 11 is 10.2. The Labute approximate surface area is 161 Å². The van der Waals surface area contributed by atoms with Crippen molar-refractivity contribution < 1.29 is 9.21 Å². The molecule has 1 aromatic heterocycles. The second kappa shape index (κ2) is 6.60. The van der Waals surface area contributed by atoms with E-state index in [-0.39, 0.29) is 9.99 Å². The first-order chi connectivity index (χ1) is 12.0. The molecule has 1 aliphatic heterocycles. The van der Waals surface area contributed by atoms with Crippen molar-refractivity contribution in [2.45, 2.75) is 37.2 Å². The van der Waals surface area contributed by atoms with Crippen LogP contribution >= 0.6 is 35.1 Å². The minimum atomic E-state index is -0.194. The number of anilines is 1. The van der Waals surface area contributed by atoms with Crippen LogP contribution in [-0.2, 0) is 10.5 Å². The lowest BCUT2D eigenvalue weighted by molar-refractivity contribution is 0.0994. The number of thioether (sulfide) groups is 2. The van der Waals surface area contributed by atoms with Crippen molar-refractivity contribution in [3.05, 3.63) is 51.4 Å². The first-order valence-electron chi connectivity index (χ1n) is 8.49. The summed E-state index contributed by atoms with van der Waals surface area (Å²) in [5.41, 5.74) is 3.85. The molecule has 0 unspecified atom stereocenters. The molecule has 1 saturated heterocycles. The van der Waals surface area contributed by atoms with Crippen LogP contribution in [0.25, 0.3) is 0 Å². The maximum atomic E-state index is 12.9. The molecule has 3 nitrogen and oxygen atoms in total. The van der Waals surface area contributed by atoms with E-state index < -0.39 is 0 Å². The highest BCUT2D eigenvalue weighted by Crippen LogP contribution is 2.59. The monoisotopic (exact) mass is 393 g/mol. The number of hydrogen-bond donors (Lipinski definition) is 1. The molecule has 0 atom stereocenters. The van der Waals surface area contributed by atoms with E-state index in [1.54, 1.807) is 0 Å². The van der Waals surface area contributed by atoms with Crippen molar-refractivity contribution in [2.75, 3.05) is 16.8 Å². The number of amides is 1. The number of hydrogen-bond acceptors (Lipinski definition) is 4. The van der Waals surface area contributed by atoms with Crippen LogP contribution < -0.4 is 5.32 Å². The fourth-order valence-corrected chi connectivity index (χ4v) is 7.47. The molecule has 1 aliphatic carbocycles. The number of benzene rings is 1. The van der Waals surface area contributed by atoms with Gasteiger partial charge in [0.05, 0.1) is 4.08 Å². The molecule has 0 radical (unpaired) electrons. The lowest BCUT2D eigenvalue weighted by atomic mass is 9.94. The van der Waals surface area contributed by atoms with Crippen molar-refractivity contribution >= 4 is 46.7 Å². The summed E-state index contributed by atoms with van der Waals surface area (Å²) in [5, 5.41) is 3.61. The summed E-state index contributed by atoms with van der Waals surface area (Å²) in [5.74, 6) is 3.58. The normalized spacial score (nSPS) is 18.4. The molecule has 1 spiro atoms. The molecule has 2 heterocycles. The zero-order valence-electron chi connectivity index (χ0n) is 14.3. The number of halogens is 1. The van der Waals surface area contributed by atoms with Gasteiger partial charge in [0, 0.05) is 39.8 Å². The molecule has 0 bridgehead atoms. The fourth-order valence-electron chi connectivity index (χ4n) is 3.74. The van der Waals surface area contributed by atoms with Gasteiger partial charge in [-0.2, -0.15) is 0 Å². The first kappa shape index (κ1) is 17.4. The Kier molecular flexibility index (Phi) is 4.59. The molecule has 25 heavy (non-hydrogen) atoms. The molecule has 1 aromatic carbocycles. The molecule has 2 aromatic rings. The van der Waals surface area contributed by atoms with E-state index in [1.165, 1.54) is 5.56 Å². The third kappa shape index (κ3) is 2.90. The smallest absolute Gasteiger partial charge is 0.291 e. The second-order valence-electron chi connectivity index (χ2n) is 6.52. The first-order valence-corrected chi connectivity index (χ1v) is 10.8. The minimum absolute atomic E-state index is 0.0890. The Bertz CT molecular complexity index is 840. The molecule has 1 amide bonds. The molecule has 2 aliphatic rings. The van der Waals surface area contributed by atoms with Gasteiger partial charge in [0.15, 0.2) is 5.76 Å². The summed E-state index contributed by atoms with van der Waals surface area (Å²) in [6.45, 7) is 3.92. The van der Waals surface area contributed by atoms with Crippen LogP contribution in [-0.4, -0.2) is 17.4 Å². The Morgan fingerprint density at radius 2 is 2.00 bits per heavy atom. The van der Waals surface area contributed by atoms with Crippen LogP contribution in [0.3, 0.4) is 0 Å².